The Morgan fingerprint density at radius 1 is 0.935 bits per heavy atom. The van der Waals surface area contributed by atoms with Gasteiger partial charge in [0.1, 0.15) is 5.69 Å². The average Bonchev–Trinajstić information content (AvgIpc) is 2.79. The Morgan fingerprint density at radius 2 is 1.68 bits per heavy atom. The zero-order valence-electron chi connectivity index (χ0n) is 16.3. The molecule has 0 saturated carbocycles. The summed E-state index contributed by atoms with van der Waals surface area (Å²) >= 11 is 0. The van der Waals surface area contributed by atoms with Crippen molar-refractivity contribution < 1.29 is 18.0 Å². The van der Waals surface area contributed by atoms with Crippen LogP contribution in [0.1, 0.15) is 16.1 Å². The summed E-state index contributed by atoms with van der Waals surface area (Å²) in [6.07, 6.45) is -0.216. The van der Waals surface area contributed by atoms with E-state index in [1.165, 1.54) is 0 Å². The van der Waals surface area contributed by atoms with Crippen molar-refractivity contribution in [1.29, 1.82) is 0 Å². The molecule has 3 aromatic heterocycles. The molecule has 0 radical (unpaired) electrons. The van der Waals surface area contributed by atoms with Gasteiger partial charge in [-0.3, -0.25) is 14.8 Å². The number of amides is 1. The lowest BCUT2D eigenvalue weighted by Gasteiger charge is -2.35. The van der Waals surface area contributed by atoms with E-state index < -0.39 is 11.9 Å². The third-order valence-electron chi connectivity index (χ3n) is 4.79. The highest BCUT2D eigenvalue weighted by atomic mass is 19.4. The Hall–Kier alpha value is -3.76. The summed E-state index contributed by atoms with van der Waals surface area (Å²) in [6, 6.07) is 9.27. The van der Waals surface area contributed by atoms with Crippen molar-refractivity contribution in [3.63, 3.8) is 0 Å². The lowest BCUT2D eigenvalue weighted by Crippen LogP contribution is -2.49. The molecule has 1 fully saturated rings. The van der Waals surface area contributed by atoms with Crippen LogP contribution in [-0.4, -0.2) is 57.2 Å². The van der Waals surface area contributed by atoms with Gasteiger partial charge in [0.15, 0.2) is 11.6 Å². The maximum absolute atomic E-state index is 12.6. The number of hydrogen-bond donors (Lipinski definition) is 1. The van der Waals surface area contributed by atoms with E-state index in [4.69, 9.17) is 0 Å². The molecular formula is C20H18F3N7O. The van der Waals surface area contributed by atoms with Gasteiger partial charge in [-0.05, 0) is 36.4 Å². The SMILES string of the molecule is O=C(c1ccc(C(F)(F)F)nc1)N1CCN(c2ccc(Nc3ccncc3)nn2)CC1. The average molecular weight is 429 g/mol. The third-order valence-corrected chi connectivity index (χ3v) is 4.79. The van der Waals surface area contributed by atoms with Crippen molar-refractivity contribution in [2.75, 3.05) is 36.4 Å². The minimum Gasteiger partial charge on any atom is -0.352 e. The first-order valence-electron chi connectivity index (χ1n) is 9.48. The van der Waals surface area contributed by atoms with Gasteiger partial charge in [-0.15, -0.1) is 10.2 Å². The van der Waals surface area contributed by atoms with E-state index in [0.29, 0.717) is 37.8 Å². The van der Waals surface area contributed by atoms with Crippen molar-refractivity contribution in [2.24, 2.45) is 0 Å². The van der Waals surface area contributed by atoms with Crippen LogP contribution in [-0.2, 0) is 6.18 Å². The fourth-order valence-corrected chi connectivity index (χ4v) is 3.15. The number of pyridine rings is 2. The van der Waals surface area contributed by atoms with Gasteiger partial charge in [0.25, 0.3) is 5.91 Å². The van der Waals surface area contributed by atoms with Gasteiger partial charge in [-0.25, -0.2) is 0 Å². The van der Waals surface area contributed by atoms with Crippen LogP contribution >= 0.6 is 0 Å². The van der Waals surface area contributed by atoms with Crippen molar-refractivity contribution in [2.45, 2.75) is 6.18 Å². The molecule has 4 heterocycles. The van der Waals surface area contributed by atoms with Gasteiger partial charge >= 0.3 is 6.18 Å². The number of halogens is 3. The van der Waals surface area contributed by atoms with Gasteiger partial charge in [0.05, 0.1) is 5.56 Å². The van der Waals surface area contributed by atoms with Crippen molar-refractivity contribution in [3.05, 3.63) is 66.2 Å². The highest BCUT2D eigenvalue weighted by Crippen LogP contribution is 2.27. The number of nitrogens with one attached hydrogen (secondary N) is 1. The summed E-state index contributed by atoms with van der Waals surface area (Å²) in [5, 5.41) is 11.5. The Labute approximate surface area is 175 Å². The van der Waals surface area contributed by atoms with Crippen LogP contribution in [0.5, 0.6) is 0 Å². The van der Waals surface area contributed by atoms with Crippen LogP contribution in [0.2, 0.25) is 0 Å². The molecule has 1 N–H and O–H groups in total. The summed E-state index contributed by atoms with van der Waals surface area (Å²) in [5.41, 5.74) is -0.0379. The molecule has 0 bridgehead atoms. The van der Waals surface area contributed by atoms with E-state index >= 15 is 0 Å². The van der Waals surface area contributed by atoms with Crippen LogP contribution in [0, 0.1) is 0 Å². The van der Waals surface area contributed by atoms with Crippen molar-refractivity contribution in [1.82, 2.24) is 25.1 Å². The maximum Gasteiger partial charge on any atom is 0.433 e. The van der Waals surface area contributed by atoms with Crippen molar-refractivity contribution >= 4 is 23.2 Å². The second-order valence-electron chi connectivity index (χ2n) is 6.85. The van der Waals surface area contributed by atoms with E-state index in [1.807, 2.05) is 29.2 Å². The van der Waals surface area contributed by atoms with Gasteiger partial charge < -0.3 is 15.1 Å². The van der Waals surface area contributed by atoms with Crippen LogP contribution < -0.4 is 10.2 Å². The van der Waals surface area contributed by atoms with Gasteiger partial charge in [0, 0.05) is 50.5 Å². The molecule has 1 saturated heterocycles. The Bertz CT molecular complexity index is 1020. The predicted molar refractivity (Wildman–Crippen MR) is 107 cm³/mol. The maximum atomic E-state index is 12.6. The van der Waals surface area contributed by atoms with Gasteiger partial charge in [-0.1, -0.05) is 0 Å². The van der Waals surface area contributed by atoms with Crippen LogP contribution in [0.4, 0.5) is 30.5 Å². The quantitative estimate of drug-likeness (QED) is 0.682. The lowest BCUT2D eigenvalue weighted by molar-refractivity contribution is -0.141. The Morgan fingerprint density at radius 3 is 2.26 bits per heavy atom. The summed E-state index contributed by atoms with van der Waals surface area (Å²) in [6.45, 7) is 1.90. The predicted octanol–water partition coefficient (Wildman–Crippen LogP) is 2.99. The highest BCUT2D eigenvalue weighted by molar-refractivity contribution is 5.94. The Kier molecular flexibility index (Phi) is 5.65. The van der Waals surface area contributed by atoms with E-state index in [1.54, 1.807) is 17.3 Å². The third kappa shape index (κ3) is 4.87. The largest absolute Gasteiger partial charge is 0.433 e. The van der Waals surface area contributed by atoms with Crippen LogP contribution in [0.15, 0.2) is 55.0 Å². The molecule has 0 atom stereocenters. The molecule has 4 rings (SSSR count). The highest BCUT2D eigenvalue weighted by Gasteiger charge is 2.32. The lowest BCUT2D eigenvalue weighted by atomic mass is 10.2. The van der Waals surface area contributed by atoms with Crippen LogP contribution in [0.3, 0.4) is 0 Å². The summed E-state index contributed by atoms with van der Waals surface area (Å²) in [4.78, 5) is 23.5. The minimum atomic E-state index is -4.53. The fraction of sp³-hybridized carbons (Fsp3) is 0.250. The monoisotopic (exact) mass is 429 g/mol. The molecule has 0 spiro atoms. The van der Waals surface area contributed by atoms with Gasteiger partial charge in [0.2, 0.25) is 0 Å². The number of hydrogen-bond acceptors (Lipinski definition) is 7. The molecule has 3 aromatic rings. The first-order chi connectivity index (χ1) is 14.9. The molecule has 0 unspecified atom stereocenters. The summed E-state index contributed by atoms with van der Waals surface area (Å²) in [7, 11) is 0. The van der Waals surface area contributed by atoms with Crippen molar-refractivity contribution in [3.8, 4) is 0 Å². The van der Waals surface area contributed by atoms with E-state index in [9.17, 15) is 18.0 Å². The first kappa shape index (κ1) is 20.5. The molecule has 1 aliphatic heterocycles. The minimum absolute atomic E-state index is 0.132. The molecule has 0 aliphatic carbocycles. The number of carbonyl (C=O) groups is 1. The number of alkyl halides is 3. The molecule has 11 heteroatoms. The topological polar surface area (TPSA) is 87.1 Å². The smallest absolute Gasteiger partial charge is 0.352 e. The van der Waals surface area contributed by atoms with E-state index in [0.717, 1.165) is 24.0 Å². The van der Waals surface area contributed by atoms with E-state index in [-0.39, 0.29) is 11.5 Å². The molecule has 31 heavy (non-hydrogen) atoms. The Balaban J connectivity index is 1.33. The number of piperazine rings is 1. The molecular weight excluding hydrogens is 411 g/mol. The second-order valence-corrected chi connectivity index (χ2v) is 6.85. The number of aromatic nitrogens is 4. The van der Waals surface area contributed by atoms with Gasteiger partial charge in [-0.2, -0.15) is 13.2 Å². The zero-order chi connectivity index (χ0) is 21.8. The normalized spacial score (nSPS) is 14.4. The number of anilines is 3. The molecule has 1 aliphatic rings. The first-order valence-corrected chi connectivity index (χ1v) is 9.48. The molecule has 160 valence electrons. The molecule has 8 nitrogen and oxygen atoms in total. The fourth-order valence-electron chi connectivity index (χ4n) is 3.15. The number of rotatable bonds is 4. The molecule has 1 amide bonds. The summed E-state index contributed by atoms with van der Waals surface area (Å²) < 4.78 is 37.9. The summed E-state index contributed by atoms with van der Waals surface area (Å²) in [5.74, 6) is 0.936. The molecule has 0 aromatic carbocycles. The number of carbonyl (C=O) groups excluding carboxylic acids is 1. The second kappa shape index (κ2) is 8.54. The standard InChI is InChI=1S/C20H18F3N7O/c21-20(22,23)16-2-1-14(13-25-16)19(31)30-11-9-29(10-12-30)18-4-3-17(27-28-18)26-15-5-7-24-8-6-15/h1-8,13H,9-12H2,(H,24,26,27). The zero-order valence-corrected chi connectivity index (χ0v) is 16.3. The van der Waals surface area contributed by atoms with Crippen LogP contribution in [0.25, 0.3) is 0 Å². The van der Waals surface area contributed by atoms with E-state index in [2.05, 4.69) is 25.5 Å². The number of nitrogens with zero attached hydrogens (tertiary/aromatic N) is 6.